The molecule has 0 aromatic heterocycles. The highest BCUT2D eigenvalue weighted by Gasteiger charge is 2.27. The lowest BCUT2D eigenvalue weighted by Crippen LogP contribution is -2.33. The van der Waals surface area contributed by atoms with Crippen molar-refractivity contribution in [1.82, 2.24) is 5.43 Å². The molecule has 0 unspecified atom stereocenters. The van der Waals surface area contributed by atoms with Gasteiger partial charge in [-0.1, -0.05) is 57.9 Å². The van der Waals surface area contributed by atoms with Crippen molar-refractivity contribution in [3.8, 4) is 0 Å². The number of benzene rings is 2. The van der Waals surface area contributed by atoms with E-state index in [9.17, 15) is 4.79 Å². The molecule has 0 aliphatic carbocycles. The Kier molecular flexibility index (Phi) is 3.88. The van der Waals surface area contributed by atoms with Gasteiger partial charge in [-0.05, 0) is 30.2 Å². The van der Waals surface area contributed by atoms with E-state index >= 15 is 0 Å². The first kappa shape index (κ1) is 14.0. The zero-order chi connectivity index (χ0) is 14.8. The predicted molar refractivity (Wildman–Crippen MR) is 87.4 cm³/mol. The van der Waals surface area contributed by atoms with Gasteiger partial charge in [0.1, 0.15) is 0 Å². The van der Waals surface area contributed by atoms with Crippen LogP contribution in [0.15, 0.2) is 58.1 Å². The standard InChI is InChI=1S/C17H15BrN2O/c1-11-3-2-4-13(9-11)16-10-15(17(21)20-19-16)12-5-7-14(18)8-6-12/h2-9,15H,10H2,1H3,(H,20,21)/t15-/m1/s1. The Labute approximate surface area is 132 Å². The molecule has 0 bridgehead atoms. The molecule has 4 heteroatoms. The number of carbonyl (C=O) groups excluding carboxylic acids is 1. The molecule has 2 aromatic carbocycles. The van der Waals surface area contributed by atoms with Crippen molar-refractivity contribution in [2.24, 2.45) is 5.10 Å². The van der Waals surface area contributed by atoms with E-state index in [1.807, 2.05) is 36.4 Å². The van der Waals surface area contributed by atoms with Gasteiger partial charge in [0.25, 0.3) is 0 Å². The monoisotopic (exact) mass is 342 g/mol. The van der Waals surface area contributed by atoms with Crippen LogP contribution in [0.3, 0.4) is 0 Å². The molecule has 21 heavy (non-hydrogen) atoms. The average molecular weight is 343 g/mol. The lowest BCUT2D eigenvalue weighted by atomic mass is 9.89. The third-order valence-corrected chi connectivity index (χ3v) is 4.17. The van der Waals surface area contributed by atoms with Crippen LogP contribution in [0.25, 0.3) is 0 Å². The van der Waals surface area contributed by atoms with Crippen molar-refractivity contribution in [3.05, 3.63) is 69.7 Å². The summed E-state index contributed by atoms with van der Waals surface area (Å²) < 4.78 is 1.01. The number of carbonyl (C=O) groups is 1. The lowest BCUT2D eigenvalue weighted by molar-refractivity contribution is -0.122. The summed E-state index contributed by atoms with van der Waals surface area (Å²) in [6.07, 6.45) is 0.622. The number of hydrogen-bond acceptors (Lipinski definition) is 2. The molecule has 1 atom stereocenters. The Hall–Kier alpha value is -1.94. The summed E-state index contributed by atoms with van der Waals surface area (Å²) in [5, 5.41) is 4.22. The first-order valence-corrected chi connectivity index (χ1v) is 7.62. The first-order valence-electron chi connectivity index (χ1n) is 6.82. The summed E-state index contributed by atoms with van der Waals surface area (Å²) in [5.41, 5.74) is 6.84. The van der Waals surface area contributed by atoms with Gasteiger partial charge in [0.05, 0.1) is 11.6 Å². The molecular weight excluding hydrogens is 328 g/mol. The van der Waals surface area contributed by atoms with Crippen molar-refractivity contribution in [3.63, 3.8) is 0 Å². The van der Waals surface area contributed by atoms with Gasteiger partial charge in [-0.15, -0.1) is 0 Å². The molecule has 1 amide bonds. The van der Waals surface area contributed by atoms with E-state index < -0.39 is 0 Å². The van der Waals surface area contributed by atoms with Gasteiger partial charge in [-0.2, -0.15) is 5.10 Å². The summed E-state index contributed by atoms with van der Waals surface area (Å²) in [6, 6.07) is 16.1. The van der Waals surface area contributed by atoms with Gasteiger partial charge in [-0.3, -0.25) is 4.79 Å². The van der Waals surface area contributed by atoms with Crippen LogP contribution in [0.1, 0.15) is 29.0 Å². The van der Waals surface area contributed by atoms with Crippen LogP contribution in [0.2, 0.25) is 0 Å². The lowest BCUT2D eigenvalue weighted by Gasteiger charge is -2.22. The van der Waals surface area contributed by atoms with Crippen molar-refractivity contribution in [2.75, 3.05) is 0 Å². The highest BCUT2D eigenvalue weighted by molar-refractivity contribution is 9.10. The molecule has 106 valence electrons. The van der Waals surface area contributed by atoms with Crippen LogP contribution in [0.5, 0.6) is 0 Å². The Bertz CT molecular complexity index is 707. The molecule has 3 rings (SSSR count). The van der Waals surface area contributed by atoms with E-state index in [1.165, 1.54) is 5.56 Å². The molecule has 0 fully saturated rings. The van der Waals surface area contributed by atoms with Gasteiger partial charge in [0.15, 0.2) is 0 Å². The molecule has 0 radical (unpaired) electrons. The van der Waals surface area contributed by atoms with Crippen LogP contribution in [0.4, 0.5) is 0 Å². The maximum Gasteiger partial charge on any atom is 0.248 e. The Morgan fingerprint density at radius 2 is 1.95 bits per heavy atom. The van der Waals surface area contributed by atoms with Crippen LogP contribution in [-0.2, 0) is 4.79 Å². The van der Waals surface area contributed by atoms with E-state index in [-0.39, 0.29) is 11.8 Å². The normalized spacial score (nSPS) is 18.1. The highest BCUT2D eigenvalue weighted by Crippen LogP contribution is 2.26. The van der Waals surface area contributed by atoms with E-state index in [4.69, 9.17) is 0 Å². The molecule has 0 saturated heterocycles. The minimum atomic E-state index is -0.189. The second kappa shape index (κ2) is 5.82. The number of hydrazone groups is 1. The second-order valence-electron chi connectivity index (χ2n) is 5.21. The number of aryl methyl sites for hydroxylation is 1. The Morgan fingerprint density at radius 1 is 1.19 bits per heavy atom. The van der Waals surface area contributed by atoms with E-state index in [0.29, 0.717) is 6.42 Å². The van der Waals surface area contributed by atoms with Gasteiger partial charge < -0.3 is 0 Å². The number of hydrogen-bond donors (Lipinski definition) is 1. The van der Waals surface area contributed by atoms with Gasteiger partial charge in [0.2, 0.25) is 5.91 Å². The Morgan fingerprint density at radius 3 is 2.67 bits per heavy atom. The van der Waals surface area contributed by atoms with Crippen molar-refractivity contribution >= 4 is 27.5 Å². The molecule has 2 aromatic rings. The van der Waals surface area contributed by atoms with Crippen molar-refractivity contribution in [1.29, 1.82) is 0 Å². The fourth-order valence-electron chi connectivity index (χ4n) is 2.50. The summed E-state index contributed by atoms with van der Waals surface area (Å²) in [7, 11) is 0. The minimum absolute atomic E-state index is 0.0475. The number of rotatable bonds is 2. The third kappa shape index (κ3) is 3.05. The van der Waals surface area contributed by atoms with Crippen LogP contribution in [-0.4, -0.2) is 11.6 Å². The fraction of sp³-hybridized carbons (Fsp3) is 0.176. The predicted octanol–water partition coefficient (Wildman–Crippen LogP) is 3.77. The highest BCUT2D eigenvalue weighted by atomic mass is 79.9. The minimum Gasteiger partial charge on any atom is -0.272 e. The van der Waals surface area contributed by atoms with Crippen molar-refractivity contribution < 1.29 is 4.79 Å². The number of nitrogens with one attached hydrogen (secondary N) is 1. The van der Waals surface area contributed by atoms with Crippen LogP contribution >= 0.6 is 15.9 Å². The largest absolute Gasteiger partial charge is 0.272 e. The average Bonchev–Trinajstić information content (AvgIpc) is 2.49. The smallest absolute Gasteiger partial charge is 0.248 e. The molecule has 0 spiro atoms. The first-order chi connectivity index (χ1) is 10.1. The van der Waals surface area contributed by atoms with Crippen molar-refractivity contribution in [2.45, 2.75) is 19.3 Å². The zero-order valence-electron chi connectivity index (χ0n) is 11.6. The van der Waals surface area contributed by atoms with E-state index in [1.54, 1.807) is 0 Å². The van der Waals surface area contributed by atoms with Gasteiger partial charge in [-0.25, -0.2) is 5.43 Å². The van der Waals surface area contributed by atoms with E-state index in [2.05, 4.69) is 45.5 Å². The summed E-state index contributed by atoms with van der Waals surface area (Å²) >= 11 is 3.42. The second-order valence-corrected chi connectivity index (χ2v) is 6.13. The zero-order valence-corrected chi connectivity index (χ0v) is 13.2. The molecule has 1 N–H and O–H groups in total. The maximum absolute atomic E-state index is 12.1. The van der Waals surface area contributed by atoms with Crippen LogP contribution < -0.4 is 5.43 Å². The molecule has 1 aliphatic rings. The SMILES string of the molecule is Cc1cccc(C2=NNC(=O)[C@@H](c3ccc(Br)cc3)C2)c1. The number of amides is 1. The number of halogens is 1. The molecule has 0 saturated carbocycles. The summed E-state index contributed by atoms with van der Waals surface area (Å²) in [5.74, 6) is -0.236. The number of nitrogens with zero attached hydrogens (tertiary/aromatic N) is 1. The summed E-state index contributed by atoms with van der Waals surface area (Å²) in [6.45, 7) is 2.05. The van der Waals surface area contributed by atoms with Gasteiger partial charge >= 0.3 is 0 Å². The molecule has 1 aliphatic heterocycles. The molecule has 3 nitrogen and oxygen atoms in total. The third-order valence-electron chi connectivity index (χ3n) is 3.64. The molecular formula is C17H15BrN2O. The van der Waals surface area contributed by atoms with E-state index in [0.717, 1.165) is 21.3 Å². The Balaban J connectivity index is 1.90. The quantitative estimate of drug-likeness (QED) is 0.886. The maximum atomic E-state index is 12.1. The molecule has 1 heterocycles. The fourth-order valence-corrected chi connectivity index (χ4v) is 2.77. The topological polar surface area (TPSA) is 41.5 Å². The van der Waals surface area contributed by atoms with Crippen LogP contribution in [0, 0.1) is 6.92 Å². The van der Waals surface area contributed by atoms with Gasteiger partial charge in [0, 0.05) is 10.9 Å². The summed E-state index contributed by atoms with van der Waals surface area (Å²) in [4.78, 5) is 12.1.